The minimum Gasteiger partial charge on any atom is -0.501 e. The number of imide groups is 1. The number of amides is 2. The highest BCUT2D eigenvalue weighted by atomic mass is 16.5. The fourth-order valence-corrected chi connectivity index (χ4v) is 2.48. The van der Waals surface area contributed by atoms with E-state index in [1.54, 1.807) is 10.9 Å². The number of hydrogen-bond donors (Lipinski definition) is 1. The second kappa shape index (κ2) is 6.01. The fourth-order valence-electron chi connectivity index (χ4n) is 2.48. The smallest absolute Gasteiger partial charge is 0.251 e. The molecule has 1 aliphatic rings. The van der Waals surface area contributed by atoms with Gasteiger partial charge in [0.1, 0.15) is 6.04 Å². The largest absolute Gasteiger partial charge is 0.501 e. The molecule has 3 rings (SSSR count). The Morgan fingerprint density at radius 3 is 3.09 bits per heavy atom. The third-order valence-corrected chi connectivity index (χ3v) is 3.60. The summed E-state index contributed by atoms with van der Waals surface area (Å²) in [6, 6.07) is 5.41. The van der Waals surface area contributed by atoms with Gasteiger partial charge < -0.3 is 4.74 Å². The van der Waals surface area contributed by atoms with Gasteiger partial charge in [0.25, 0.3) is 5.91 Å². The predicted molar refractivity (Wildman–Crippen MR) is 81.8 cm³/mol. The van der Waals surface area contributed by atoms with Crippen molar-refractivity contribution < 1.29 is 14.3 Å². The van der Waals surface area contributed by atoms with Crippen LogP contribution in [0.3, 0.4) is 0 Å². The van der Waals surface area contributed by atoms with Crippen LogP contribution in [0.15, 0.2) is 30.7 Å². The maximum Gasteiger partial charge on any atom is 0.251 e. The molecule has 2 amide bonds. The minimum atomic E-state index is -0.424. The van der Waals surface area contributed by atoms with Crippen LogP contribution in [-0.2, 0) is 14.3 Å². The summed E-state index contributed by atoms with van der Waals surface area (Å²) in [7, 11) is 0. The molecule has 1 saturated heterocycles. The first-order valence-electron chi connectivity index (χ1n) is 7.28. The number of hydrogen-bond acceptors (Lipinski definition) is 4. The van der Waals surface area contributed by atoms with Gasteiger partial charge in [-0.2, -0.15) is 5.10 Å². The van der Waals surface area contributed by atoms with Gasteiger partial charge in [-0.3, -0.25) is 19.6 Å². The van der Waals surface area contributed by atoms with Crippen LogP contribution in [-0.4, -0.2) is 28.2 Å². The van der Waals surface area contributed by atoms with Crippen LogP contribution >= 0.6 is 0 Å². The van der Waals surface area contributed by atoms with Gasteiger partial charge in [-0.1, -0.05) is 6.07 Å². The van der Waals surface area contributed by atoms with Crippen molar-refractivity contribution in [1.29, 1.82) is 0 Å². The van der Waals surface area contributed by atoms with Crippen LogP contribution in [0.4, 0.5) is 0 Å². The maximum absolute atomic E-state index is 11.9. The molecule has 6 heteroatoms. The molecule has 1 atom stereocenters. The molecule has 0 saturated carbocycles. The molecule has 0 aliphatic carbocycles. The van der Waals surface area contributed by atoms with Crippen LogP contribution in [0.1, 0.15) is 31.4 Å². The molecule has 0 bridgehead atoms. The molecule has 2 aromatic rings. The average molecular weight is 299 g/mol. The molecule has 22 heavy (non-hydrogen) atoms. The fraction of sp³-hybridized carbons (Fsp3) is 0.312. The first kappa shape index (κ1) is 14.3. The number of aromatic nitrogens is 2. The van der Waals surface area contributed by atoms with Gasteiger partial charge in [-0.05, 0) is 37.1 Å². The van der Waals surface area contributed by atoms with Crippen molar-refractivity contribution in [3.8, 4) is 0 Å². The number of ether oxygens (including phenoxy) is 1. The summed E-state index contributed by atoms with van der Waals surface area (Å²) in [5, 5.41) is 7.74. The molecule has 1 fully saturated rings. The van der Waals surface area contributed by atoms with Gasteiger partial charge in [0.15, 0.2) is 0 Å². The van der Waals surface area contributed by atoms with Crippen LogP contribution < -0.4 is 5.32 Å². The number of benzene rings is 1. The maximum atomic E-state index is 11.9. The number of carbonyl (C=O) groups excluding carboxylic acids is 2. The van der Waals surface area contributed by atoms with E-state index < -0.39 is 6.04 Å². The molecule has 0 spiro atoms. The zero-order valence-corrected chi connectivity index (χ0v) is 12.3. The number of nitrogens with zero attached hydrogens (tertiary/aromatic N) is 2. The number of fused-ring (bicyclic) bond motifs is 1. The monoisotopic (exact) mass is 299 g/mol. The van der Waals surface area contributed by atoms with Gasteiger partial charge in [-0.25, -0.2) is 0 Å². The summed E-state index contributed by atoms with van der Waals surface area (Å²) >= 11 is 0. The van der Waals surface area contributed by atoms with E-state index >= 15 is 0 Å². The first-order chi connectivity index (χ1) is 10.7. The molecule has 1 aromatic carbocycles. The Morgan fingerprint density at radius 2 is 2.32 bits per heavy atom. The quantitative estimate of drug-likeness (QED) is 0.692. The van der Waals surface area contributed by atoms with E-state index in [0.717, 1.165) is 16.5 Å². The summed E-state index contributed by atoms with van der Waals surface area (Å²) in [5.74, 6) is -0.512. The highest BCUT2D eigenvalue weighted by Gasteiger charge is 2.28. The lowest BCUT2D eigenvalue weighted by Crippen LogP contribution is -2.41. The normalized spacial score (nSPS) is 18.9. The third kappa shape index (κ3) is 2.86. The van der Waals surface area contributed by atoms with Gasteiger partial charge in [0.05, 0.1) is 18.4 Å². The van der Waals surface area contributed by atoms with Gasteiger partial charge in [0, 0.05) is 18.0 Å². The lowest BCUT2D eigenvalue weighted by Gasteiger charge is -2.20. The number of nitrogens with one attached hydrogen (secondary N) is 1. The summed E-state index contributed by atoms with van der Waals surface area (Å²) in [4.78, 5) is 23.1. The van der Waals surface area contributed by atoms with Crippen LogP contribution in [0, 0.1) is 0 Å². The van der Waals surface area contributed by atoms with Gasteiger partial charge in [-0.15, -0.1) is 0 Å². The minimum absolute atomic E-state index is 0.221. The average Bonchev–Trinajstić information content (AvgIpc) is 2.90. The van der Waals surface area contributed by atoms with Crippen molar-refractivity contribution in [2.45, 2.75) is 25.8 Å². The first-order valence-corrected chi connectivity index (χ1v) is 7.28. The van der Waals surface area contributed by atoms with Crippen molar-refractivity contribution in [3.05, 3.63) is 36.2 Å². The summed E-state index contributed by atoms with van der Waals surface area (Å²) in [5.41, 5.74) is 1.82. The molecule has 0 radical (unpaired) electrons. The molecule has 1 unspecified atom stereocenters. The van der Waals surface area contributed by atoms with E-state index in [1.807, 2.05) is 37.4 Å². The highest BCUT2D eigenvalue weighted by Crippen LogP contribution is 2.22. The summed E-state index contributed by atoms with van der Waals surface area (Å²) in [6.07, 6.45) is 6.20. The van der Waals surface area contributed by atoms with Crippen molar-refractivity contribution >= 4 is 28.8 Å². The predicted octanol–water partition coefficient (Wildman–Crippen LogP) is 2.02. The Balaban J connectivity index is 1.86. The van der Waals surface area contributed by atoms with E-state index in [1.165, 1.54) is 0 Å². The third-order valence-electron chi connectivity index (χ3n) is 3.60. The topological polar surface area (TPSA) is 73.2 Å². The summed E-state index contributed by atoms with van der Waals surface area (Å²) in [6.45, 7) is 2.56. The van der Waals surface area contributed by atoms with Crippen LogP contribution in [0.2, 0.25) is 0 Å². The van der Waals surface area contributed by atoms with E-state index in [2.05, 4.69) is 10.4 Å². The molecular weight excluding hydrogens is 282 g/mol. The molecule has 114 valence electrons. The van der Waals surface area contributed by atoms with Gasteiger partial charge >= 0.3 is 0 Å². The molecule has 1 aliphatic heterocycles. The molecule has 2 heterocycles. The van der Waals surface area contributed by atoms with E-state index in [-0.39, 0.29) is 11.8 Å². The van der Waals surface area contributed by atoms with Crippen LogP contribution in [0.5, 0.6) is 0 Å². The number of carbonyl (C=O) groups is 2. The zero-order valence-electron chi connectivity index (χ0n) is 12.3. The van der Waals surface area contributed by atoms with E-state index in [9.17, 15) is 9.59 Å². The van der Waals surface area contributed by atoms with Crippen molar-refractivity contribution in [2.75, 3.05) is 6.61 Å². The number of piperidine rings is 1. The SMILES string of the molecule is CCOC=Cc1ccc2nn(C3CCC(=O)NC3=O)cc2c1. The molecular formula is C16H17N3O3. The van der Waals surface area contributed by atoms with E-state index in [4.69, 9.17) is 4.74 Å². The molecule has 1 N–H and O–H groups in total. The second-order valence-corrected chi connectivity index (χ2v) is 5.15. The van der Waals surface area contributed by atoms with Gasteiger partial charge in [0.2, 0.25) is 5.91 Å². The van der Waals surface area contributed by atoms with Crippen molar-refractivity contribution in [3.63, 3.8) is 0 Å². The lowest BCUT2D eigenvalue weighted by molar-refractivity contribution is -0.135. The Bertz CT molecular complexity index is 748. The molecule has 6 nitrogen and oxygen atoms in total. The Hall–Kier alpha value is -2.63. The zero-order chi connectivity index (χ0) is 15.5. The second-order valence-electron chi connectivity index (χ2n) is 5.15. The van der Waals surface area contributed by atoms with Crippen molar-refractivity contribution in [1.82, 2.24) is 15.1 Å². The Morgan fingerprint density at radius 1 is 1.45 bits per heavy atom. The lowest BCUT2D eigenvalue weighted by atomic mass is 10.1. The van der Waals surface area contributed by atoms with E-state index in [0.29, 0.717) is 19.4 Å². The van der Waals surface area contributed by atoms with Crippen molar-refractivity contribution in [2.24, 2.45) is 0 Å². The standard InChI is InChI=1S/C16H17N3O3/c1-2-22-8-7-11-3-4-13-12(9-11)10-19(18-13)14-5-6-15(20)17-16(14)21/h3-4,7-10,14H,2,5-6H2,1H3,(H,17,20,21). The Kier molecular flexibility index (Phi) is 3.91. The Labute approximate surface area is 127 Å². The van der Waals surface area contributed by atoms with Crippen LogP contribution in [0.25, 0.3) is 17.0 Å². The highest BCUT2D eigenvalue weighted by molar-refractivity contribution is 5.99. The summed E-state index contributed by atoms with van der Waals surface area (Å²) < 4.78 is 6.83. The molecule has 1 aromatic heterocycles. The number of rotatable bonds is 4.